The van der Waals surface area contributed by atoms with Gasteiger partial charge in [0.15, 0.2) is 6.04 Å². The number of carbonyl (C=O) groups is 4. The van der Waals surface area contributed by atoms with E-state index in [1.165, 1.54) is 44.7 Å². The highest BCUT2D eigenvalue weighted by Crippen LogP contribution is 2.54. The summed E-state index contributed by atoms with van der Waals surface area (Å²) in [5, 5.41) is 11.1. The Morgan fingerprint density at radius 1 is 0.917 bits per heavy atom. The number of carbonyl (C=O) groups excluding carboxylic acids is 4. The van der Waals surface area contributed by atoms with Gasteiger partial charge in [-0.1, -0.05) is 42.5 Å². The minimum Gasteiger partial charge on any atom is -0.468 e. The van der Waals surface area contributed by atoms with Gasteiger partial charge in [0.05, 0.1) is 24.9 Å². The molecule has 1 heterocycles. The molecule has 0 aliphatic carbocycles. The molecule has 0 bridgehead atoms. The largest absolute Gasteiger partial charge is 0.468 e. The Balaban J connectivity index is 1.64. The number of nitrogens with one attached hydrogen (secondary N) is 1. The van der Waals surface area contributed by atoms with Crippen LogP contribution in [0, 0.1) is 0 Å². The van der Waals surface area contributed by atoms with Gasteiger partial charge in [-0.25, -0.2) is 4.79 Å². The fraction of sp³-hybridized carbons (Fsp3) is 0.360. The third kappa shape index (κ3) is 6.80. The molecule has 0 aromatic heterocycles. The Bertz CT molecular complexity index is 1050. The van der Waals surface area contributed by atoms with Crippen molar-refractivity contribution in [3.63, 3.8) is 0 Å². The number of ether oxygens (including phenoxy) is 3. The number of aliphatic hydroxyl groups excluding tert-OH is 1. The number of rotatable bonds is 9. The number of hydrogen-bond donors (Lipinski definition) is 2. The lowest BCUT2D eigenvalue weighted by Crippen LogP contribution is -2.48. The lowest BCUT2D eigenvalue weighted by atomic mass is 10.1. The fourth-order valence-electron chi connectivity index (χ4n) is 3.40. The smallest absolute Gasteiger partial charge is 0.331 e. The Labute approximate surface area is 217 Å². The molecule has 192 valence electrons. The summed E-state index contributed by atoms with van der Waals surface area (Å²) in [5.74, 6) is -2.33. The number of hydrogen-bond acceptors (Lipinski definition) is 10. The van der Waals surface area contributed by atoms with Crippen LogP contribution in [0.4, 0.5) is 0 Å². The van der Waals surface area contributed by atoms with Gasteiger partial charge in [-0.3, -0.25) is 14.4 Å². The minimum absolute atomic E-state index is 0.0172. The van der Waals surface area contributed by atoms with Crippen molar-refractivity contribution in [2.75, 3.05) is 14.2 Å². The maximum absolute atomic E-state index is 12.8. The first-order valence-electron chi connectivity index (χ1n) is 11.0. The molecule has 2 N–H and O–H groups in total. The molecule has 9 nitrogen and oxygen atoms in total. The Morgan fingerprint density at radius 2 is 1.47 bits per heavy atom. The van der Waals surface area contributed by atoms with E-state index in [-0.39, 0.29) is 16.8 Å². The zero-order valence-electron chi connectivity index (χ0n) is 19.9. The van der Waals surface area contributed by atoms with E-state index in [1.54, 1.807) is 36.4 Å². The van der Waals surface area contributed by atoms with Crippen molar-refractivity contribution >= 4 is 47.3 Å². The monoisotopic (exact) mass is 533 g/mol. The first-order valence-corrected chi connectivity index (χ1v) is 12.9. The van der Waals surface area contributed by atoms with Crippen molar-refractivity contribution in [3.05, 3.63) is 71.3 Å². The highest BCUT2D eigenvalue weighted by atomic mass is 32.2. The molecule has 1 saturated heterocycles. The predicted molar refractivity (Wildman–Crippen MR) is 135 cm³/mol. The van der Waals surface area contributed by atoms with E-state index in [1.807, 2.05) is 18.2 Å². The third-order valence-electron chi connectivity index (χ3n) is 5.37. The average Bonchev–Trinajstić information content (AvgIpc) is 3.35. The molecule has 36 heavy (non-hydrogen) atoms. The summed E-state index contributed by atoms with van der Waals surface area (Å²) >= 11 is 2.55. The van der Waals surface area contributed by atoms with Crippen LogP contribution in [0.2, 0.25) is 0 Å². The van der Waals surface area contributed by atoms with Crippen molar-refractivity contribution in [3.8, 4) is 0 Å². The second-order valence-corrected chi connectivity index (χ2v) is 10.7. The summed E-state index contributed by atoms with van der Waals surface area (Å²) in [6.07, 6.45) is -1.17. The van der Waals surface area contributed by atoms with Gasteiger partial charge >= 0.3 is 17.9 Å². The number of benzene rings is 2. The van der Waals surface area contributed by atoms with Crippen LogP contribution in [0.1, 0.15) is 33.0 Å². The van der Waals surface area contributed by atoms with E-state index in [9.17, 15) is 24.3 Å². The molecule has 4 unspecified atom stereocenters. The topological polar surface area (TPSA) is 128 Å². The first kappa shape index (κ1) is 27.6. The van der Waals surface area contributed by atoms with Crippen molar-refractivity contribution in [2.24, 2.45) is 0 Å². The van der Waals surface area contributed by atoms with Crippen LogP contribution in [0.3, 0.4) is 0 Å². The minimum atomic E-state index is -1.25. The summed E-state index contributed by atoms with van der Waals surface area (Å²) in [7, 11) is 2.53. The normalized spacial score (nSPS) is 20.6. The van der Waals surface area contributed by atoms with E-state index in [2.05, 4.69) is 5.32 Å². The van der Waals surface area contributed by atoms with E-state index in [4.69, 9.17) is 14.2 Å². The molecule has 1 aliphatic rings. The number of aliphatic hydroxyl groups is 1. The molecule has 1 fully saturated rings. The molecular formula is C25H27NO8S2. The summed E-state index contributed by atoms with van der Waals surface area (Å²) in [5.41, 5.74) is 1.84. The number of amides is 1. The maximum atomic E-state index is 12.8. The molecular weight excluding hydrogens is 506 g/mol. The number of thioether (sulfide) groups is 2. The molecule has 2 aromatic carbocycles. The van der Waals surface area contributed by atoms with Gasteiger partial charge in [0.1, 0.15) is 17.1 Å². The third-order valence-corrected chi connectivity index (χ3v) is 8.77. The summed E-state index contributed by atoms with van der Waals surface area (Å²) in [6.45, 7) is 1.41. The van der Waals surface area contributed by atoms with E-state index in [0.717, 1.165) is 11.1 Å². The SMILES string of the molecule is COC(=O)C1SC(c2ccc(C(=O)NC(C(=O)OCc3ccccc3)C(C)O)cc2)SC1C(=O)OC. The average molecular weight is 534 g/mol. The predicted octanol–water partition coefficient (Wildman–Crippen LogP) is 2.47. The number of esters is 3. The van der Waals surface area contributed by atoms with Gasteiger partial charge in [0.2, 0.25) is 0 Å². The first-order chi connectivity index (χ1) is 17.2. The number of methoxy groups -OCH3 is 2. The Hall–Kier alpha value is -3.02. The molecule has 3 rings (SSSR count). The van der Waals surface area contributed by atoms with Crippen molar-refractivity contribution < 1.29 is 38.5 Å². The van der Waals surface area contributed by atoms with Crippen LogP contribution in [0.25, 0.3) is 0 Å². The van der Waals surface area contributed by atoms with Gasteiger partial charge in [0.25, 0.3) is 5.91 Å². The second-order valence-electron chi connectivity index (χ2n) is 7.90. The van der Waals surface area contributed by atoms with Gasteiger partial charge in [0, 0.05) is 5.56 Å². The van der Waals surface area contributed by atoms with Crippen molar-refractivity contribution in [2.45, 2.75) is 40.8 Å². The van der Waals surface area contributed by atoms with Crippen molar-refractivity contribution in [1.82, 2.24) is 5.32 Å². The molecule has 4 atom stereocenters. The standard InChI is InChI=1S/C25H27NO8S2/c1-14(27)18(22(29)34-13-15-7-5-4-6-8-15)26-21(28)16-9-11-17(12-10-16)25-35-19(23(30)32-2)20(36-25)24(31)33-3/h4-12,14,18-20,25,27H,13H2,1-3H3,(H,26,28). The highest BCUT2D eigenvalue weighted by Gasteiger charge is 2.46. The van der Waals surface area contributed by atoms with Gasteiger partial charge in [-0.05, 0) is 30.2 Å². The van der Waals surface area contributed by atoms with Crippen LogP contribution in [0.15, 0.2) is 54.6 Å². The zero-order chi connectivity index (χ0) is 26.2. The molecule has 1 aliphatic heterocycles. The van der Waals surface area contributed by atoms with Crippen LogP contribution in [-0.2, 0) is 35.2 Å². The lowest BCUT2D eigenvalue weighted by Gasteiger charge is -2.20. The van der Waals surface area contributed by atoms with Crippen LogP contribution in [0.5, 0.6) is 0 Å². The van der Waals surface area contributed by atoms with Crippen LogP contribution >= 0.6 is 23.5 Å². The fourth-order valence-corrected chi connectivity index (χ4v) is 6.84. The molecule has 11 heteroatoms. The lowest BCUT2D eigenvalue weighted by molar-refractivity contribution is -0.150. The second kappa shape index (κ2) is 12.8. The Kier molecular flexibility index (Phi) is 9.80. The van der Waals surface area contributed by atoms with Gasteiger partial charge in [-0.15, -0.1) is 23.5 Å². The van der Waals surface area contributed by atoms with Crippen LogP contribution < -0.4 is 5.32 Å². The van der Waals surface area contributed by atoms with Gasteiger partial charge < -0.3 is 24.6 Å². The zero-order valence-corrected chi connectivity index (χ0v) is 21.5. The molecule has 1 amide bonds. The Morgan fingerprint density at radius 3 is 1.97 bits per heavy atom. The summed E-state index contributed by atoms with van der Waals surface area (Å²) in [6, 6.07) is 14.4. The molecule has 0 spiro atoms. The summed E-state index contributed by atoms with van der Waals surface area (Å²) < 4.78 is 14.6. The quantitative estimate of drug-likeness (QED) is 0.366. The van der Waals surface area contributed by atoms with Crippen molar-refractivity contribution in [1.29, 1.82) is 0 Å². The van der Waals surface area contributed by atoms with Gasteiger partial charge in [-0.2, -0.15) is 0 Å². The maximum Gasteiger partial charge on any atom is 0.331 e. The molecule has 0 radical (unpaired) electrons. The van der Waals surface area contributed by atoms with Crippen LogP contribution in [-0.4, -0.2) is 65.8 Å². The highest BCUT2D eigenvalue weighted by molar-refractivity contribution is 8.21. The molecule has 2 aromatic rings. The molecule has 0 saturated carbocycles. The van der Waals surface area contributed by atoms with E-state index >= 15 is 0 Å². The summed E-state index contributed by atoms with van der Waals surface area (Å²) in [4.78, 5) is 49.5. The van der Waals surface area contributed by atoms with E-state index in [0.29, 0.717) is 0 Å². The van der Waals surface area contributed by atoms with E-state index < -0.39 is 46.5 Å².